The first-order valence-electron chi connectivity index (χ1n) is 9.92. The van der Waals surface area contributed by atoms with Gasteiger partial charge in [-0.2, -0.15) is 0 Å². The van der Waals surface area contributed by atoms with Crippen LogP contribution in [0, 0.1) is 13.8 Å². The molecular formula is C22H31N3O2. The average molecular weight is 370 g/mol. The van der Waals surface area contributed by atoms with Crippen LogP contribution in [0.4, 0.5) is 0 Å². The Morgan fingerprint density at radius 3 is 2.19 bits per heavy atom. The normalized spacial score (nSPS) is 17.2. The maximum Gasteiger partial charge on any atom is 0.259 e. The molecule has 2 heterocycles. The van der Waals surface area contributed by atoms with Crippen LogP contribution in [0.1, 0.15) is 42.3 Å². The predicted molar refractivity (Wildman–Crippen MR) is 109 cm³/mol. The summed E-state index contributed by atoms with van der Waals surface area (Å²) in [4.78, 5) is 18.0. The van der Waals surface area contributed by atoms with Crippen LogP contribution in [-0.4, -0.2) is 52.2 Å². The summed E-state index contributed by atoms with van der Waals surface area (Å²) in [6.07, 6.45) is 0. The highest BCUT2D eigenvalue weighted by Crippen LogP contribution is 2.33. The van der Waals surface area contributed by atoms with Crippen LogP contribution in [0.25, 0.3) is 0 Å². The summed E-state index contributed by atoms with van der Waals surface area (Å²) in [6.45, 7) is 13.4. The zero-order valence-corrected chi connectivity index (χ0v) is 16.9. The Balaban J connectivity index is 2.11. The van der Waals surface area contributed by atoms with Gasteiger partial charge in [-0.25, -0.2) is 0 Å². The van der Waals surface area contributed by atoms with Crippen LogP contribution in [0.3, 0.4) is 0 Å². The number of rotatable bonds is 5. The number of aryl methyl sites for hydroxylation is 2. The third-order valence-corrected chi connectivity index (χ3v) is 5.72. The van der Waals surface area contributed by atoms with E-state index in [1.807, 2.05) is 13.8 Å². The predicted octanol–water partition coefficient (Wildman–Crippen LogP) is 2.92. The van der Waals surface area contributed by atoms with E-state index in [2.05, 4.69) is 47.9 Å². The molecule has 2 aromatic rings. The van der Waals surface area contributed by atoms with Crippen LogP contribution < -0.4 is 5.56 Å². The van der Waals surface area contributed by atoms with Gasteiger partial charge in [-0.05, 0) is 38.9 Å². The van der Waals surface area contributed by atoms with Gasteiger partial charge in [0.1, 0.15) is 5.75 Å². The van der Waals surface area contributed by atoms with Gasteiger partial charge in [0.25, 0.3) is 5.56 Å². The van der Waals surface area contributed by atoms with Crippen molar-refractivity contribution in [1.82, 2.24) is 14.4 Å². The van der Waals surface area contributed by atoms with Crippen LogP contribution in [0.5, 0.6) is 5.75 Å². The van der Waals surface area contributed by atoms with Gasteiger partial charge in [0.2, 0.25) is 0 Å². The minimum Gasteiger partial charge on any atom is -0.507 e. The molecule has 1 saturated heterocycles. The molecule has 1 fully saturated rings. The zero-order chi connectivity index (χ0) is 19.6. The maximum atomic E-state index is 13.3. The smallest absolute Gasteiger partial charge is 0.259 e. The molecule has 5 nitrogen and oxygen atoms in total. The summed E-state index contributed by atoms with van der Waals surface area (Å²) in [6, 6.07) is 9.82. The largest absolute Gasteiger partial charge is 0.507 e. The molecular weight excluding hydrogens is 338 g/mol. The van der Waals surface area contributed by atoms with Gasteiger partial charge < -0.3 is 14.6 Å². The second-order valence-corrected chi connectivity index (χ2v) is 7.42. The molecule has 0 aliphatic carbocycles. The number of likely N-dealkylation sites (N-methyl/N-ethyl adjacent to an activating group) is 1. The number of piperazine rings is 1. The van der Waals surface area contributed by atoms with E-state index >= 15 is 0 Å². The van der Waals surface area contributed by atoms with E-state index in [4.69, 9.17) is 0 Å². The molecule has 0 spiro atoms. The zero-order valence-electron chi connectivity index (χ0n) is 16.9. The fourth-order valence-corrected chi connectivity index (χ4v) is 4.07. The molecule has 1 atom stereocenters. The summed E-state index contributed by atoms with van der Waals surface area (Å²) in [5.74, 6) is 0.102. The molecule has 1 aliphatic heterocycles. The van der Waals surface area contributed by atoms with Crippen molar-refractivity contribution in [2.24, 2.45) is 0 Å². The lowest BCUT2D eigenvalue weighted by Gasteiger charge is -2.39. The van der Waals surface area contributed by atoms with E-state index < -0.39 is 0 Å². The number of benzene rings is 1. The third-order valence-electron chi connectivity index (χ3n) is 5.72. The van der Waals surface area contributed by atoms with Crippen LogP contribution >= 0.6 is 0 Å². The molecule has 146 valence electrons. The highest BCUT2D eigenvalue weighted by molar-refractivity contribution is 5.41. The van der Waals surface area contributed by atoms with Crippen molar-refractivity contribution in [3.8, 4) is 5.75 Å². The highest BCUT2D eigenvalue weighted by Gasteiger charge is 2.31. The van der Waals surface area contributed by atoms with Crippen molar-refractivity contribution in [2.75, 3.05) is 32.7 Å². The van der Waals surface area contributed by atoms with Gasteiger partial charge in [0.05, 0.1) is 11.6 Å². The van der Waals surface area contributed by atoms with E-state index in [1.54, 1.807) is 10.6 Å². The second-order valence-electron chi connectivity index (χ2n) is 7.42. The van der Waals surface area contributed by atoms with E-state index in [9.17, 15) is 9.90 Å². The summed E-state index contributed by atoms with van der Waals surface area (Å²) in [5, 5.41) is 10.8. The van der Waals surface area contributed by atoms with Crippen LogP contribution in [-0.2, 0) is 6.54 Å². The first kappa shape index (κ1) is 19.6. The molecule has 0 saturated carbocycles. The van der Waals surface area contributed by atoms with Gasteiger partial charge in [-0.3, -0.25) is 9.69 Å². The Morgan fingerprint density at radius 1 is 1.00 bits per heavy atom. The van der Waals surface area contributed by atoms with Gasteiger partial charge >= 0.3 is 0 Å². The lowest BCUT2D eigenvalue weighted by atomic mass is 9.95. The van der Waals surface area contributed by atoms with Gasteiger partial charge in [-0.15, -0.1) is 0 Å². The molecule has 0 bridgehead atoms. The lowest BCUT2D eigenvalue weighted by molar-refractivity contribution is 0.111. The fraction of sp³-hybridized carbons (Fsp3) is 0.500. The number of pyridine rings is 1. The van der Waals surface area contributed by atoms with Gasteiger partial charge in [-0.1, -0.05) is 36.8 Å². The van der Waals surface area contributed by atoms with Crippen molar-refractivity contribution in [1.29, 1.82) is 0 Å². The molecule has 3 rings (SSSR count). The number of nitrogens with zero attached hydrogens (tertiary/aromatic N) is 3. The van der Waals surface area contributed by atoms with Crippen LogP contribution in [0.2, 0.25) is 0 Å². The topological polar surface area (TPSA) is 48.7 Å². The molecule has 27 heavy (non-hydrogen) atoms. The fourth-order valence-electron chi connectivity index (χ4n) is 4.07. The Kier molecular flexibility index (Phi) is 6.02. The first-order chi connectivity index (χ1) is 13.0. The summed E-state index contributed by atoms with van der Waals surface area (Å²) < 4.78 is 1.75. The van der Waals surface area contributed by atoms with Gasteiger partial charge in [0.15, 0.2) is 0 Å². The van der Waals surface area contributed by atoms with E-state index in [1.165, 1.54) is 5.56 Å². The Morgan fingerprint density at radius 2 is 1.63 bits per heavy atom. The lowest BCUT2D eigenvalue weighted by Crippen LogP contribution is -2.48. The molecule has 0 radical (unpaired) electrons. The molecule has 1 aromatic carbocycles. The molecule has 0 amide bonds. The quantitative estimate of drug-likeness (QED) is 0.880. The maximum absolute atomic E-state index is 13.3. The van der Waals surface area contributed by atoms with E-state index in [0.29, 0.717) is 12.1 Å². The number of aromatic hydroxyl groups is 1. The summed E-state index contributed by atoms with van der Waals surface area (Å²) in [5.41, 5.74) is 3.45. The molecule has 1 unspecified atom stereocenters. The summed E-state index contributed by atoms with van der Waals surface area (Å²) >= 11 is 0. The standard InChI is InChI=1S/C22H31N3O2/c1-5-23-11-13-24(14-12-23)21(18-9-7-16(3)8-10-18)20-19(26)15-17(4)25(6-2)22(20)27/h7-10,15,21,26H,5-6,11-14H2,1-4H3. The molecule has 1 aliphatic rings. The van der Waals surface area contributed by atoms with Crippen molar-refractivity contribution in [3.63, 3.8) is 0 Å². The van der Waals surface area contributed by atoms with Crippen molar-refractivity contribution in [2.45, 2.75) is 40.3 Å². The van der Waals surface area contributed by atoms with Crippen molar-refractivity contribution in [3.05, 3.63) is 63.1 Å². The van der Waals surface area contributed by atoms with Crippen molar-refractivity contribution < 1.29 is 5.11 Å². The molecule has 1 N–H and O–H groups in total. The Labute approximate surface area is 161 Å². The third kappa shape index (κ3) is 3.94. The number of hydrogen-bond acceptors (Lipinski definition) is 4. The van der Waals surface area contributed by atoms with Crippen LogP contribution in [0.15, 0.2) is 35.1 Å². The van der Waals surface area contributed by atoms with Gasteiger partial charge in [0, 0.05) is 38.4 Å². The Hall–Kier alpha value is -2.11. The van der Waals surface area contributed by atoms with E-state index in [0.717, 1.165) is 44.0 Å². The second kappa shape index (κ2) is 8.28. The minimum atomic E-state index is -0.226. The monoisotopic (exact) mass is 369 g/mol. The van der Waals surface area contributed by atoms with Crippen molar-refractivity contribution >= 4 is 0 Å². The highest BCUT2D eigenvalue weighted by atomic mass is 16.3. The summed E-state index contributed by atoms with van der Waals surface area (Å²) in [7, 11) is 0. The van der Waals surface area contributed by atoms with E-state index in [-0.39, 0.29) is 17.4 Å². The number of hydrogen-bond donors (Lipinski definition) is 1. The molecule has 1 aromatic heterocycles. The number of aromatic nitrogens is 1. The average Bonchev–Trinajstić information content (AvgIpc) is 2.66. The minimum absolute atomic E-state index is 0.0847. The Bertz CT molecular complexity index is 834. The first-order valence-corrected chi connectivity index (χ1v) is 9.92. The SMILES string of the molecule is CCN1CCN(C(c2ccc(C)cc2)c2c(O)cc(C)n(CC)c2=O)CC1. The molecule has 5 heteroatoms.